The molecule has 0 spiro atoms. The summed E-state index contributed by atoms with van der Waals surface area (Å²) in [6.07, 6.45) is 8.50. The SMILES string of the molecule is CCNC(=O)c1ccc(-c2ccc(C3(C(=O)NC4CCCCC4)CC3)c(F)c2)cn1. The van der Waals surface area contributed by atoms with Gasteiger partial charge in [-0.05, 0) is 50.3 Å². The molecule has 30 heavy (non-hydrogen) atoms. The zero-order valence-corrected chi connectivity index (χ0v) is 17.3. The lowest BCUT2D eigenvalue weighted by molar-refractivity contribution is -0.124. The van der Waals surface area contributed by atoms with Crippen LogP contribution in [0, 0.1) is 5.82 Å². The zero-order chi connectivity index (χ0) is 21.1. The first-order valence-electron chi connectivity index (χ1n) is 10.9. The third kappa shape index (κ3) is 4.09. The van der Waals surface area contributed by atoms with E-state index in [4.69, 9.17) is 0 Å². The Kier molecular flexibility index (Phi) is 5.84. The van der Waals surface area contributed by atoms with E-state index in [-0.39, 0.29) is 23.7 Å². The van der Waals surface area contributed by atoms with E-state index in [1.807, 2.05) is 13.0 Å². The Morgan fingerprint density at radius 3 is 2.43 bits per heavy atom. The summed E-state index contributed by atoms with van der Waals surface area (Å²) in [4.78, 5) is 29.0. The zero-order valence-electron chi connectivity index (χ0n) is 17.3. The number of amides is 2. The molecule has 2 aliphatic carbocycles. The third-order valence-electron chi connectivity index (χ3n) is 6.28. The van der Waals surface area contributed by atoms with Crippen molar-refractivity contribution in [2.24, 2.45) is 0 Å². The van der Waals surface area contributed by atoms with Gasteiger partial charge in [0.25, 0.3) is 5.91 Å². The van der Waals surface area contributed by atoms with Crippen LogP contribution in [-0.2, 0) is 10.2 Å². The minimum Gasteiger partial charge on any atom is -0.353 e. The standard InChI is InChI=1S/C24H28FN3O2/c1-2-26-22(29)21-11-9-17(15-27-21)16-8-10-19(20(25)14-16)24(12-13-24)23(30)28-18-6-4-3-5-7-18/h8-11,14-15,18H,2-7,12-13H2,1H3,(H,26,29)(H,28,30). The van der Waals surface area contributed by atoms with E-state index < -0.39 is 5.41 Å². The van der Waals surface area contributed by atoms with Gasteiger partial charge in [-0.15, -0.1) is 0 Å². The van der Waals surface area contributed by atoms with Crippen LogP contribution in [0.2, 0.25) is 0 Å². The Morgan fingerprint density at radius 1 is 1.10 bits per heavy atom. The van der Waals surface area contributed by atoms with Crippen molar-refractivity contribution in [3.05, 3.63) is 53.6 Å². The van der Waals surface area contributed by atoms with Crippen LogP contribution in [0.3, 0.4) is 0 Å². The smallest absolute Gasteiger partial charge is 0.269 e. The van der Waals surface area contributed by atoms with Crippen LogP contribution in [-0.4, -0.2) is 29.4 Å². The minimum atomic E-state index is -0.722. The van der Waals surface area contributed by atoms with Crippen LogP contribution in [0.4, 0.5) is 4.39 Å². The summed E-state index contributed by atoms with van der Waals surface area (Å²) in [5.74, 6) is -0.629. The van der Waals surface area contributed by atoms with Gasteiger partial charge in [0.05, 0.1) is 5.41 Å². The summed E-state index contributed by atoms with van der Waals surface area (Å²) in [6.45, 7) is 2.38. The van der Waals surface area contributed by atoms with Gasteiger partial charge in [0, 0.05) is 29.9 Å². The lowest BCUT2D eigenvalue weighted by atomic mass is 9.90. The molecule has 1 heterocycles. The summed E-state index contributed by atoms with van der Waals surface area (Å²) >= 11 is 0. The maximum absolute atomic E-state index is 15.1. The number of pyridine rings is 1. The Labute approximate surface area is 176 Å². The van der Waals surface area contributed by atoms with Gasteiger partial charge in [-0.2, -0.15) is 0 Å². The Bertz CT molecular complexity index is 932. The fraction of sp³-hybridized carbons (Fsp3) is 0.458. The lowest BCUT2D eigenvalue weighted by Gasteiger charge is -2.26. The van der Waals surface area contributed by atoms with Crippen molar-refractivity contribution in [1.29, 1.82) is 0 Å². The summed E-state index contributed by atoms with van der Waals surface area (Å²) < 4.78 is 15.1. The first kappa shape index (κ1) is 20.5. The van der Waals surface area contributed by atoms with Crippen molar-refractivity contribution < 1.29 is 14.0 Å². The molecule has 0 bridgehead atoms. The van der Waals surface area contributed by atoms with Gasteiger partial charge in [-0.25, -0.2) is 4.39 Å². The van der Waals surface area contributed by atoms with Crippen LogP contribution in [0.1, 0.15) is 67.9 Å². The molecule has 5 nitrogen and oxygen atoms in total. The molecule has 2 aromatic rings. The second kappa shape index (κ2) is 8.54. The highest BCUT2D eigenvalue weighted by molar-refractivity contribution is 5.93. The molecular formula is C24H28FN3O2. The molecule has 0 unspecified atom stereocenters. The maximum Gasteiger partial charge on any atom is 0.269 e. The van der Waals surface area contributed by atoms with Crippen molar-refractivity contribution in [1.82, 2.24) is 15.6 Å². The Balaban J connectivity index is 1.50. The van der Waals surface area contributed by atoms with E-state index in [1.165, 1.54) is 12.5 Å². The second-order valence-electron chi connectivity index (χ2n) is 8.38. The lowest BCUT2D eigenvalue weighted by Crippen LogP contribution is -2.42. The van der Waals surface area contributed by atoms with Gasteiger partial charge < -0.3 is 10.6 Å². The van der Waals surface area contributed by atoms with E-state index in [0.29, 0.717) is 36.2 Å². The number of hydrogen-bond donors (Lipinski definition) is 2. The normalized spacial score (nSPS) is 17.9. The first-order valence-corrected chi connectivity index (χ1v) is 10.9. The van der Waals surface area contributed by atoms with E-state index in [1.54, 1.807) is 24.4 Å². The molecule has 2 N–H and O–H groups in total. The molecular weight excluding hydrogens is 381 g/mol. The molecule has 0 aliphatic heterocycles. The first-order chi connectivity index (χ1) is 14.5. The van der Waals surface area contributed by atoms with E-state index in [9.17, 15) is 9.59 Å². The highest BCUT2D eigenvalue weighted by Crippen LogP contribution is 2.50. The van der Waals surface area contributed by atoms with Gasteiger partial charge in [-0.3, -0.25) is 14.6 Å². The maximum atomic E-state index is 15.1. The van der Waals surface area contributed by atoms with Crippen LogP contribution in [0.15, 0.2) is 36.5 Å². The average molecular weight is 410 g/mol. The number of benzene rings is 1. The fourth-order valence-corrected chi connectivity index (χ4v) is 4.35. The summed E-state index contributed by atoms with van der Waals surface area (Å²) in [7, 11) is 0. The molecule has 1 aromatic carbocycles. The predicted octanol–water partition coefficient (Wildman–Crippen LogP) is 4.12. The summed E-state index contributed by atoms with van der Waals surface area (Å²) in [6, 6.07) is 8.64. The molecule has 0 radical (unpaired) electrons. The Hall–Kier alpha value is -2.76. The topological polar surface area (TPSA) is 71.1 Å². The largest absolute Gasteiger partial charge is 0.353 e. The average Bonchev–Trinajstić information content (AvgIpc) is 3.56. The van der Waals surface area contributed by atoms with Crippen molar-refractivity contribution >= 4 is 11.8 Å². The molecule has 2 fully saturated rings. The number of aromatic nitrogens is 1. The Morgan fingerprint density at radius 2 is 1.83 bits per heavy atom. The number of nitrogens with one attached hydrogen (secondary N) is 2. The quantitative estimate of drug-likeness (QED) is 0.754. The molecule has 1 aromatic heterocycles. The van der Waals surface area contributed by atoms with Crippen molar-refractivity contribution in [3.63, 3.8) is 0 Å². The van der Waals surface area contributed by atoms with Crippen LogP contribution >= 0.6 is 0 Å². The van der Waals surface area contributed by atoms with Crippen LogP contribution in [0.5, 0.6) is 0 Å². The number of nitrogens with zero attached hydrogens (tertiary/aromatic N) is 1. The molecule has 2 amide bonds. The molecule has 4 rings (SSSR count). The number of carbonyl (C=O) groups excluding carboxylic acids is 2. The van der Waals surface area contributed by atoms with E-state index >= 15 is 4.39 Å². The van der Waals surface area contributed by atoms with Gasteiger partial charge in [0.1, 0.15) is 11.5 Å². The number of carbonyl (C=O) groups is 2. The van der Waals surface area contributed by atoms with Crippen molar-refractivity contribution in [2.45, 2.75) is 63.3 Å². The molecule has 2 saturated carbocycles. The monoisotopic (exact) mass is 409 g/mol. The van der Waals surface area contributed by atoms with Crippen molar-refractivity contribution in [2.75, 3.05) is 6.54 Å². The van der Waals surface area contributed by atoms with E-state index in [2.05, 4.69) is 15.6 Å². The molecule has 0 atom stereocenters. The van der Waals surface area contributed by atoms with Crippen LogP contribution in [0.25, 0.3) is 11.1 Å². The summed E-state index contributed by atoms with van der Waals surface area (Å²) in [5, 5.41) is 5.87. The van der Waals surface area contributed by atoms with Gasteiger partial charge in [-0.1, -0.05) is 37.5 Å². The van der Waals surface area contributed by atoms with E-state index in [0.717, 1.165) is 31.2 Å². The number of halogens is 1. The molecule has 158 valence electrons. The summed E-state index contributed by atoms with van der Waals surface area (Å²) in [5.41, 5.74) is 1.49. The van der Waals surface area contributed by atoms with Gasteiger partial charge >= 0.3 is 0 Å². The molecule has 6 heteroatoms. The highest BCUT2D eigenvalue weighted by atomic mass is 19.1. The molecule has 0 saturated heterocycles. The van der Waals surface area contributed by atoms with Crippen LogP contribution < -0.4 is 10.6 Å². The van der Waals surface area contributed by atoms with Gasteiger partial charge in [0.2, 0.25) is 5.91 Å². The highest BCUT2D eigenvalue weighted by Gasteiger charge is 2.53. The fourth-order valence-electron chi connectivity index (χ4n) is 4.35. The minimum absolute atomic E-state index is 0.0333. The number of hydrogen-bond acceptors (Lipinski definition) is 3. The number of rotatable bonds is 6. The molecule has 2 aliphatic rings. The second-order valence-corrected chi connectivity index (χ2v) is 8.38. The third-order valence-corrected chi connectivity index (χ3v) is 6.28. The predicted molar refractivity (Wildman–Crippen MR) is 114 cm³/mol. The van der Waals surface area contributed by atoms with Gasteiger partial charge in [0.15, 0.2) is 0 Å². The van der Waals surface area contributed by atoms with Crippen molar-refractivity contribution in [3.8, 4) is 11.1 Å².